The van der Waals surface area contributed by atoms with Gasteiger partial charge in [0.15, 0.2) is 5.82 Å². The molecular formula is C10H9F4NO2. The van der Waals surface area contributed by atoms with Crippen LogP contribution in [0.3, 0.4) is 0 Å². The Balaban J connectivity index is 3.57. The van der Waals surface area contributed by atoms with Crippen molar-refractivity contribution >= 4 is 11.7 Å². The minimum Gasteiger partial charge on any atom is -0.478 e. The molecule has 7 heteroatoms. The van der Waals surface area contributed by atoms with Gasteiger partial charge in [0.05, 0.1) is 16.8 Å². The smallest absolute Gasteiger partial charge is 0.418 e. The highest BCUT2D eigenvalue weighted by Gasteiger charge is 2.36. The van der Waals surface area contributed by atoms with Crippen molar-refractivity contribution in [2.75, 3.05) is 19.0 Å². The van der Waals surface area contributed by atoms with Crippen molar-refractivity contribution in [2.45, 2.75) is 6.18 Å². The number of hydrogen-bond acceptors (Lipinski definition) is 2. The zero-order chi connectivity index (χ0) is 13.4. The van der Waals surface area contributed by atoms with Gasteiger partial charge >= 0.3 is 12.1 Å². The van der Waals surface area contributed by atoms with Crippen molar-refractivity contribution in [1.82, 2.24) is 0 Å². The standard InChI is InChI=1S/C10H9F4NO2/c1-15(2)8-6(10(12,13)14)4-3-5(7(8)11)9(16)17/h3-4H,1-2H3,(H,16,17). The molecular weight excluding hydrogens is 242 g/mol. The number of rotatable bonds is 2. The molecule has 0 aliphatic rings. The maximum Gasteiger partial charge on any atom is 0.418 e. The average molecular weight is 251 g/mol. The molecule has 0 aliphatic carbocycles. The van der Waals surface area contributed by atoms with Gasteiger partial charge in [0, 0.05) is 14.1 Å². The quantitative estimate of drug-likeness (QED) is 0.821. The second-order valence-corrected chi connectivity index (χ2v) is 3.52. The van der Waals surface area contributed by atoms with Gasteiger partial charge in [0.25, 0.3) is 0 Å². The van der Waals surface area contributed by atoms with E-state index in [2.05, 4.69) is 0 Å². The Bertz CT molecular complexity index is 454. The van der Waals surface area contributed by atoms with Gasteiger partial charge in [-0.25, -0.2) is 9.18 Å². The molecule has 0 heterocycles. The first-order valence-corrected chi connectivity index (χ1v) is 4.46. The van der Waals surface area contributed by atoms with Crippen molar-refractivity contribution in [3.05, 3.63) is 29.1 Å². The van der Waals surface area contributed by atoms with Crippen LogP contribution in [0.4, 0.5) is 23.2 Å². The number of halogens is 4. The molecule has 17 heavy (non-hydrogen) atoms. The second-order valence-electron chi connectivity index (χ2n) is 3.52. The lowest BCUT2D eigenvalue weighted by Crippen LogP contribution is -2.20. The molecule has 0 bridgehead atoms. The van der Waals surface area contributed by atoms with Crippen LogP contribution in [0.5, 0.6) is 0 Å². The van der Waals surface area contributed by atoms with Crippen LogP contribution in [0.2, 0.25) is 0 Å². The van der Waals surface area contributed by atoms with E-state index in [4.69, 9.17) is 5.11 Å². The zero-order valence-corrected chi connectivity index (χ0v) is 8.97. The summed E-state index contributed by atoms with van der Waals surface area (Å²) in [5.74, 6) is -3.00. The van der Waals surface area contributed by atoms with Gasteiger partial charge in [-0.1, -0.05) is 0 Å². The Kier molecular flexibility index (Phi) is 3.30. The summed E-state index contributed by atoms with van der Waals surface area (Å²) >= 11 is 0. The lowest BCUT2D eigenvalue weighted by Gasteiger charge is -2.20. The number of benzene rings is 1. The van der Waals surface area contributed by atoms with E-state index in [0.717, 1.165) is 4.90 Å². The van der Waals surface area contributed by atoms with Crippen LogP contribution < -0.4 is 4.90 Å². The maximum atomic E-state index is 13.6. The maximum absolute atomic E-state index is 13.6. The molecule has 0 radical (unpaired) electrons. The molecule has 1 aromatic rings. The molecule has 0 amide bonds. The summed E-state index contributed by atoms with van der Waals surface area (Å²) < 4.78 is 51.4. The number of nitrogens with zero attached hydrogens (tertiary/aromatic N) is 1. The zero-order valence-electron chi connectivity index (χ0n) is 8.97. The van der Waals surface area contributed by atoms with Gasteiger partial charge in [-0.05, 0) is 12.1 Å². The minimum absolute atomic E-state index is 0.557. The van der Waals surface area contributed by atoms with Gasteiger partial charge in [0.2, 0.25) is 0 Å². The molecule has 0 aliphatic heterocycles. The molecule has 0 saturated heterocycles. The Hall–Kier alpha value is -1.79. The van der Waals surface area contributed by atoms with Crippen LogP contribution in [0.15, 0.2) is 12.1 Å². The van der Waals surface area contributed by atoms with Crippen molar-refractivity contribution in [2.24, 2.45) is 0 Å². The van der Waals surface area contributed by atoms with Crippen LogP contribution >= 0.6 is 0 Å². The number of alkyl halides is 3. The molecule has 1 rings (SSSR count). The summed E-state index contributed by atoms with van der Waals surface area (Å²) in [4.78, 5) is 11.5. The van der Waals surface area contributed by atoms with Gasteiger partial charge in [0.1, 0.15) is 0 Å². The fraction of sp³-hybridized carbons (Fsp3) is 0.300. The third kappa shape index (κ3) is 2.48. The van der Waals surface area contributed by atoms with Crippen LogP contribution in [0, 0.1) is 5.82 Å². The van der Waals surface area contributed by atoms with Gasteiger partial charge in [-0.2, -0.15) is 13.2 Å². The first kappa shape index (κ1) is 13.3. The monoisotopic (exact) mass is 251 g/mol. The second kappa shape index (κ2) is 4.23. The SMILES string of the molecule is CN(C)c1c(C(F)(F)F)ccc(C(=O)O)c1F. The molecule has 0 fully saturated rings. The molecule has 1 N–H and O–H groups in total. The summed E-state index contributed by atoms with van der Waals surface area (Å²) in [7, 11) is 2.42. The van der Waals surface area contributed by atoms with E-state index < -0.39 is 34.8 Å². The normalized spacial score (nSPS) is 11.4. The first-order chi connectivity index (χ1) is 7.66. The predicted molar refractivity (Wildman–Crippen MR) is 52.7 cm³/mol. The average Bonchev–Trinajstić information content (AvgIpc) is 2.14. The summed E-state index contributed by atoms with van der Waals surface area (Å²) in [5.41, 5.74) is -2.77. The van der Waals surface area contributed by atoms with E-state index in [1.165, 1.54) is 14.1 Å². The summed E-state index contributed by atoms with van der Waals surface area (Å²) in [6.45, 7) is 0. The Labute approximate surface area is 94.3 Å². The first-order valence-electron chi connectivity index (χ1n) is 4.46. The largest absolute Gasteiger partial charge is 0.478 e. The highest BCUT2D eigenvalue weighted by atomic mass is 19.4. The predicted octanol–water partition coefficient (Wildman–Crippen LogP) is 2.61. The Morgan fingerprint density at radius 3 is 2.18 bits per heavy atom. The van der Waals surface area contributed by atoms with Crippen molar-refractivity contribution in [1.29, 1.82) is 0 Å². The molecule has 0 spiro atoms. The number of carboxylic acid groups (broad SMARTS) is 1. The van der Waals surface area contributed by atoms with Gasteiger partial charge in [-0.3, -0.25) is 0 Å². The fourth-order valence-electron chi connectivity index (χ4n) is 1.40. The lowest BCUT2D eigenvalue weighted by atomic mass is 10.1. The number of anilines is 1. The highest BCUT2D eigenvalue weighted by molar-refractivity contribution is 5.89. The van der Waals surface area contributed by atoms with E-state index in [0.29, 0.717) is 12.1 Å². The third-order valence-corrected chi connectivity index (χ3v) is 2.10. The van der Waals surface area contributed by atoms with Crippen LogP contribution in [-0.4, -0.2) is 25.2 Å². The molecule has 1 aromatic carbocycles. The summed E-state index contributed by atoms with van der Waals surface area (Å²) in [6.07, 6.45) is -4.74. The number of hydrogen-bond donors (Lipinski definition) is 1. The molecule has 3 nitrogen and oxygen atoms in total. The van der Waals surface area contributed by atoms with E-state index in [1.807, 2.05) is 0 Å². The molecule has 0 atom stereocenters. The third-order valence-electron chi connectivity index (χ3n) is 2.10. The van der Waals surface area contributed by atoms with Crippen molar-refractivity contribution < 1.29 is 27.5 Å². The molecule has 0 unspecified atom stereocenters. The fourth-order valence-corrected chi connectivity index (χ4v) is 1.40. The highest BCUT2D eigenvalue weighted by Crippen LogP contribution is 2.38. The number of carbonyl (C=O) groups is 1. The molecule has 0 saturated carbocycles. The van der Waals surface area contributed by atoms with Crippen LogP contribution in [-0.2, 0) is 6.18 Å². The number of carboxylic acids is 1. The van der Waals surface area contributed by atoms with E-state index in [-0.39, 0.29) is 0 Å². The number of aromatic carboxylic acids is 1. The van der Waals surface area contributed by atoms with E-state index in [1.54, 1.807) is 0 Å². The van der Waals surface area contributed by atoms with Crippen LogP contribution in [0.1, 0.15) is 15.9 Å². The topological polar surface area (TPSA) is 40.5 Å². The van der Waals surface area contributed by atoms with E-state index in [9.17, 15) is 22.4 Å². The molecule has 94 valence electrons. The van der Waals surface area contributed by atoms with Gasteiger partial charge in [-0.15, -0.1) is 0 Å². The Morgan fingerprint density at radius 1 is 1.29 bits per heavy atom. The summed E-state index contributed by atoms with van der Waals surface area (Å²) in [5, 5.41) is 8.63. The summed E-state index contributed by atoms with van der Waals surface area (Å²) in [6, 6.07) is 1.16. The van der Waals surface area contributed by atoms with Crippen molar-refractivity contribution in [3.63, 3.8) is 0 Å². The minimum atomic E-state index is -4.74. The molecule has 0 aromatic heterocycles. The lowest BCUT2D eigenvalue weighted by molar-refractivity contribution is -0.137. The Morgan fingerprint density at radius 2 is 1.82 bits per heavy atom. The van der Waals surface area contributed by atoms with Crippen molar-refractivity contribution in [3.8, 4) is 0 Å². The van der Waals surface area contributed by atoms with E-state index >= 15 is 0 Å². The van der Waals surface area contributed by atoms with Crippen LogP contribution in [0.25, 0.3) is 0 Å². The van der Waals surface area contributed by atoms with Gasteiger partial charge < -0.3 is 10.0 Å².